The first-order valence-corrected chi connectivity index (χ1v) is 6.50. The van der Waals surface area contributed by atoms with E-state index in [1.807, 2.05) is 44.2 Å². The molecule has 4 nitrogen and oxygen atoms in total. The van der Waals surface area contributed by atoms with Crippen LogP contribution in [0.2, 0.25) is 0 Å². The molecule has 3 N–H and O–H groups in total. The zero-order valence-electron chi connectivity index (χ0n) is 11.6. The number of nitrogen functional groups attached to an aromatic ring is 1. The van der Waals surface area contributed by atoms with E-state index >= 15 is 0 Å². The Morgan fingerprint density at radius 3 is 2.70 bits per heavy atom. The fraction of sp³-hybridized carbons (Fsp3) is 0.188. The zero-order valence-corrected chi connectivity index (χ0v) is 11.6. The number of nitrogens with one attached hydrogen (secondary N) is 1. The summed E-state index contributed by atoms with van der Waals surface area (Å²) in [6, 6.07) is 12.6. The highest BCUT2D eigenvalue weighted by atomic mass is 16.5. The molecule has 0 atom stereocenters. The Morgan fingerprint density at radius 2 is 2.00 bits per heavy atom. The van der Waals surface area contributed by atoms with E-state index in [4.69, 9.17) is 10.5 Å². The molecule has 0 bridgehead atoms. The Kier molecular flexibility index (Phi) is 4.25. The predicted molar refractivity (Wildman–Crippen MR) is 81.2 cm³/mol. The molecule has 0 saturated heterocycles. The van der Waals surface area contributed by atoms with Crippen LogP contribution in [0.3, 0.4) is 0 Å². The molecule has 0 fully saturated rings. The summed E-state index contributed by atoms with van der Waals surface area (Å²) in [4.78, 5) is 12.3. The van der Waals surface area contributed by atoms with Crippen molar-refractivity contribution < 1.29 is 9.53 Å². The molecular weight excluding hydrogens is 252 g/mol. The summed E-state index contributed by atoms with van der Waals surface area (Å²) in [7, 11) is 0. The van der Waals surface area contributed by atoms with Gasteiger partial charge in [0.15, 0.2) is 0 Å². The van der Waals surface area contributed by atoms with Crippen LogP contribution in [-0.4, -0.2) is 12.5 Å². The van der Waals surface area contributed by atoms with Crippen molar-refractivity contribution in [1.29, 1.82) is 0 Å². The van der Waals surface area contributed by atoms with Gasteiger partial charge in [-0.15, -0.1) is 0 Å². The van der Waals surface area contributed by atoms with E-state index in [0.29, 0.717) is 29.3 Å². The first kappa shape index (κ1) is 13.9. The predicted octanol–water partition coefficient (Wildman–Crippen LogP) is 3.23. The third-order valence-corrected chi connectivity index (χ3v) is 2.80. The summed E-state index contributed by atoms with van der Waals surface area (Å²) < 4.78 is 5.48. The lowest BCUT2D eigenvalue weighted by Crippen LogP contribution is -2.13. The third kappa shape index (κ3) is 3.29. The van der Waals surface area contributed by atoms with Crippen LogP contribution in [0.1, 0.15) is 22.8 Å². The van der Waals surface area contributed by atoms with E-state index in [9.17, 15) is 4.79 Å². The van der Waals surface area contributed by atoms with E-state index < -0.39 is 0 Å². The summed E-state index contributed by atoms with van der Waals surface area (Å²) >= 11 is 0. The second-order valence-electron chi connectivity index (χ2n) is 4.52. The van der Waals surface area contributed by atoms with Gasteiger partial charge in [-0.25, -0.2) is 0 Å². The second-order valence-corrected chi connectivity index (χ2v) is 4.52. The fourth-order valence-electron chi connectivity index (χ4n) is 1.99. The van der Waals surface area contributed by atoms with Crippen molar-refractivity contribution in [1.82, 2.24) is 0 Å². The molecule has 1 amide bonds. The minimum Gasteiger partial charge on any atom is -0.492 e. The molecule has 0 unspecified atom stereocenters. The highest BCUT2D eigenvalue weighted by molar-refractivity contribution is 6.05. The van der Waals surface area contributed by atoms with Crippen LogP contribution in [0.4, 0.5) is 11.4 Å². The number of benzene rings is 2. The van der Waals surface area contributed by atoms with Crippen molar-refractivity contribution in [2.45, 2.75) is 13.8 Å². The number of anilines is 2. The first-order chi connectivity index (χ1) is 9.60. The van der Waals surface area contributed by atoms with Gasteiger partial charge in [-0.3, -0.25) is 4.79 Å². The number of rotatable bonds is 4. The molecule has 104 valence electrons. The van der Waals surface area contributed by atoms with Crippen molar-refractivity contribution in [3.05, 3.63) is 53.6 Å². The van der Waals surface area contributed by atoms with Crippen molar-refractivity contribution >= 4 is 17.3 Å². The molecule has 0 aromatic heterocycles. The highest BCUT2D eigenvalue weighted by Crippen LogP contribution is 2.24. The van der Waals surface area contributed by atoms with Crippen LogP contribution in [-0.2, 0) is 0 Å². The molecule has 20 heavy (non-hydrogen) atoms. The molecule has 2 rings (SSSR count). The van der Waals surface area contributed by atoms with Crippen molar-refractivity contribution in [3.8, 4) is 5.75 Å². The number of nitrogens with two attached hydrogens (primary N) is 1. The summed E-state index contributed by atoms with van der Waals surface area (Å²) in [6.45, 7) is 4.35. The Morgan fingerprint density at radius 1 is 1.25 bits per heavy atom. The number of para-hydroxylation sites is 2. The van der Waals surface area contributed by atoms with E-state index in [-0.39, 0.29) is 5.91 Å². The number of ether oxygens (including phenoxy) is 1. The Labute approximate surface area is 118 Å². The zero-order chi connectivity index (χ0) is 14.5. The minimum absolute atomic E-state index is 0.201. The van der Waals surface area contributed by atoms with Gasteiger partial charge in [0.1, 0.15) is 5.75 Å². The van der Waals surface area contributed by atoms with Gasteiger partial charge >= 0.3 is 0 Å². The fourth-order valence-corrected chi connectivity index (χ4v) is 1.99. The molecular formula is C16H18N2O2. The molecule has 0 aliphatic carbocycles. The Balaban J connectivity index is 2.23. The number of hydrogen-bond acceptors (Lipinski definition) is 3. The molecule has 0 aliphatic heterocycles. The lowest BCUT2D eigenvalue weighted by Gasteiger charge is -2.11. The smallest absolute Gasteiger partial charge is 0.255 e. The van der Waals surface area contributed by atoms with E-state index in [2.05, 4.69) is 5.32 Å². The molecule has 0 heterocycles. The van der Waals surface area contributed by atoms with Gasteiger partial charge in [-0.05, 0) is 49.7 Å². The van der Waals surface area contributed by atoms with Gasteiger partial charge in [-0.1, -0.05) is 12.1 Å². The molecule has 0 radical (unpaired) electrons. The summed E-state index contributed by atoms with van der Waals surface area (Å²) in [5.74, 6) is 0.455. The largest absolute Gasteiger partial charge is 0.492 e. The van der Waals surface area contributed by atoms with E-state index in [0.717, 1.165) is 5.56 Å². The van der Waals surface area contributed by atoms with Crippen molar-refractivity contribution in [2.75, 3.05) is 17.7 Å². The maximum absolute atomic E-state index is 12.3. The van der Waals surface area contributed by atoms with Crippen LogP contribution in [0.5, 0.6) is 5.75 Å². The molecule has 2 aromatic carbocycles. The van der Waals surface area contributed by atoms with Crippen LogP contribution >= 0.6 is 0 Å². The van der Waals surface area contributed by atoms with Crippen molar-refractivity contribution in [3.63, 3.8) is 0 Å². The van der Waals surface area contributed by atoms with E-state index in [1.54, 1.807) is 12.1 Å². The lowest BCUT2D eigenvalue weighted by molar-refractivity contribution is 0.102. The van der Waals surface area contributed by atoms with Gasteiger partial charge in [0, 0.05) is 11.3 Å². The van der Waals surface area contributed by atoms with Crippen LogP contribution in [0.15, 0.2) is 42.5 Å². The number of hydrogen-bond donors (Lipinski definition) is 2. The number of aryl methyl sites for hydroxylation is 1. The third-order valence-electron chi connectivity index (χ3n) is 2.80. The molecule has 4 heteroatoms. The highest BCUT2D eigenvalue weighted by Gasteiger charge is 2.10. The number of carbonyl (C=O) groups is 1. The maximum atomic E-state index is 12.3. The minimum atomic E-state index is -0.201. The SMILES string of the molecule is CCOc1ccccc1NC(=O)c1cc(C)cc(N)c1. The average Bonchev–Trinajstić information content (AvgIpc) is 2.40. The quantitative estimate of drug-likeness (QED) is 0.838. The van der Waals surface area contributed by atoms with E-state index in [1.165, 1.54) is 0 Å². The van der Waals surface area contributed by atoms with Gasteiger partial charge in [0.2, 0.25) is 0 Å². The van der Waals surface area contributed by atoms with Crippen molar-refractivity contribution in [2.24, 2.45) is 0 Å². The molecule has 0 aliphatic rings. The Hall–Kier alpha value is -2.49. The first-order valence-electron chi connectivity index (χ1n) is 6.50. The number of amides is 1. The van der Waals surface area contributed by atoms with Crippen LogP contribution in [0.25, 0.3) is 0 Å². The summed E-state index contributed by atoms with van der Waals surface area (Å²) in [5.41, 5.74) is 8.48. The Bertz CT molecular complexity index is 603. The lowest BCUT2D eigenvalue weighted by atomic mass is 10.1. The summed E-state index contributed by atoms with van der Waals surface area (Å²) in [5, 5.41) is 2.85. The van der Waals surface area contributed by atoms with Gasteiger partial charge in [-0.2, -0.15) is 0 Å². The van der Waals surface area contributed by atoms with Crippen LogP contribution in [0, 0.1) is 6.92 Å². The second kappa shape index (κ2) is 6.10. The number of carbonyl (C=O) groups excluding carboxylic acids is 1. The molecule has 2 aromatic rings. The normalized spacial score (nSPS) is 10.1. The molecule has 0 spiro atoms. The monoisotopic (exact) mass is 270 g/mol. The average molecular weight is 270 g/mol. The van der Waals surface area contributed by atoms with Gasteiger partial charge < -0.3 is 15.8 Å². The topological polar surface area (TPSA) is 64.3 Å². The molecule has 0 saturated carbocycles. The van der Waals surface area contributed by atoms with Gasteiger partial charge in [0.25, 0.3) is 5.91 Å². The standard InChI is InChI=1S/C16H18N2O2/c1-3-20-15-7-5-4-6-14(15)18-16(19)12-8-11(2)9-13(17)10-12/h4-10H,3,17H2,1-2H3,(H,18,19). The van der Waals surface area contributed by atoms with Gasteiger partial charge in [0.05, 0.1) is 12.3 Å². The maximum Gasteiger partial charge on any atom is 0.255 e. The van der Waals surface area contributed by atoms with Crippen LogP contribution < -0.4 is 15.8 Å². The summed E-state index contributed by atoms with van der Waals surface area (Å²) in [6.07, 6.45) is 0.